The van der Waals surface area contributed by atoms with E-state index >= 15 is 0 Å². The predicted octanol–water partition coefficient (Wildman–Crippen LogP) is 5.57. The molecule has 0 saturated heterocycles. The van der Waals surface area contributed by atoms with Crippen LogP contribution in [0, 0.1) is 0 Å². The Hall–Kier alpha value is -1.67. The fraction of sp³-hybridized carbons (Fsp3) is 0.741. The number of methoxy groups -OCH3 is 1. The number of nitrogens with one attached hydrogen (secondary N) is 1. The van der Waals surface area contributed by atoms with Crippen LogP contribution in [0.4, 0.5) is 0 Å². The second kappa shape index (κ2) is 27.6. The van der Waals surface area contributed by atoms with Gasteiger partial charge in [0.2, 0.25) is 0 Å². The van der Waals surface area contributed by atoms with Crippen molar-refractivity contribution < 1.29 is 28.5 Å². The van der Waals surface area contributed by atoms with Crippen molar-refractivity contribution in [1.29, 1.82) is 0 Å². The van der Waals surface area contributed by atoms with E-state index in [1.165, 1.54) is 12.7 Å². The van der Waals surface area contributed by atoms with E-state index in [4.69, 9.17) is 18.9 Å². The van der Waals surface area contributed by atoms with Crippen molar-refractivity contribution in [1.82, 2.24) is 5.32 Å². The molecule has 1 aromatic rings. The minimum atomic E-state index is -0.263. The highest BCUT2D eigenvalue weighted by atomic mass is 16.5. The largest absolute Gasteiger partial charge is 0.494 e. The lowest BCUT2D eigenvalue weighted by Crippen LogP contribution is -2.12. The van der Waals surface area contributed by atoms with Gasteiger partial charge in [-0.15, -0.1) is 0 Å². The molecule has 1 rings (SSSR count). The summed E-state index contributed by atoms with van der Waals surface area (Å²) in [6, 6.07) is 8.59. The Morgan fingerprint density at radius 1 is 0.824 bits per heavy atom. The highest BCUT2D eigenvalue weighted by Gasteiger charge is 2.03. The zero-order chi connectivity index (χ0) is 25.9. The van der Waals surface area contributed by atoms with Crippen molar-refractivity contribution in [2.45, 2.75) is 72.8 Å². The van der Waals surface area contributed by atoms with E-state index in [0.717, 1.165) is 44.6 Å². The van der Waals surface area contributed by atoms with Crippen molar-refractivity contribution in [3.8, 4) is 5.75 Å². The number of esters is 1. The van der Waals surface area contributed by atoms with Crippen molar-refractivity contribution in [3.63, 3.8) is 0 Å². The van der Waals surface area contributed by atoms with Gasteiger partial charge in [0.1, 0.15) is 5.75 Å². The average Bonchev–Trinajstić information content (AvgIpc) is 2.90. The third-order valence-electron chi connectivity index (χ3n) is 4.67. The van der Waals surface area contributed by atoms with Gasteiger partial charge in [-0.25, -0.2) is 0 Å². The van der Waals surface area contributed by atoms with Crippen LogP contribution in [0.25, 0.3) is 0 Å². The van der Waals surface area contributed by atoms with Crippen molar-refractivity contribution in [2.75, 3.05) is 60.4 Å². The molecule has 7 heteroatoms. The maximum absolute atomic E-state index is 10.9. The summed E-state index contributed by atoms with van der Waals surface area (Å²) in [6.45, 7) is 14.1. The van der Waals surface area contributed by atoms with Gasteiger partial charge in [0.15, 0.2) is 0 Å². The smallest absolute Gasteiger partial charge is 0.307 e. The number of carbonyl (C=O) groups excluding carboxylic acids is 1. The van der Waals surface area contributed by atoms with Crippen LogP contribution in [0.15, 0.2) is 24.3 Å². The van der Waals surface area contributed by atoms with Gasteiger partial charge in [-0.2, -0.15) is 0 Å². The summed E-state index contributed by atoms with van der Waals surface area (Å²) in [4.78, 5) is 10.9. The molecule has 7 nitrogen and oxygen atoms in total. The molecule has 0 aromatic heterocycles. The molecule has 34 heavy (non-hydrogen) atoms. The Bertz CT molecular complexity index is 556. The summed E-state index contributed by atoms with van der Waals surface area (Å²) in [5, 5.41) is 3.24. The van der Waals surface area contributed by atoms with Crippen molar-refractivity contribution in [3.05, 3.63) is 29.8 Å². The third kappa shape index (κ3) is 20.9. The van der Waals surface area contributed by atoms with Gasteiger partial charge in [0.05, 0.1) is 53.2 Å². The summed E-state index contributed by atoms with van der Waals surface area (Å²) >= 11 is 0. The Morgan fingerprint density at radius 3 is 1.97 bits per heavy atom. The summed E-state index contributed by atoms with van der Waals surface area (Å²) < 4.78 is 26.6. The molecule has 1 aromatic carbocycles. The molecule has 0 aliphatic rings. The van der Waals surface area contributed by atoms with Crippen molar-refractivity contribution in [2.24, 2.45) is 0 Å². The molecule has 0 aliphatic carbocycles. The lowest BCUT2D eigenvalue weighted by atomic mass is 10.1. The SMILES string of the molecule is CC.CC.CN[C@H](C)c1cccc(OCCCCCCOCCOCCOCCC(=O)OC)c1. The Kier molecular flexibility index (Phi) is 28.0. The number of ether oxygens (including phenoxy) is 5. The number of benzene rings is 1. The molecule has 0 fully saturated rings. The van der Waals surface area contributed by atoms with Crippen LogP contribution in [0.3, 0.4) is 0 Å². The molecule has 1 atom stereocenters. The van der Waals surface area contributed by atoms with E-state index in [-0.39, 0.29) is 12.4 Å². The first kappa shape index (κ1) is 34.5. The van der Waals surface area contributed by atoms with E-state index in [0.29, 0.717) is 39.1 Å². The number of carbonyl (C=O) groups is 1. The van der Waals surface area contributed by atoms with E-state index in [1.807, 2.05) is 46.9 Å². The lowest BCUT2D eigenvalue weighted by Gasteiger charge is -2.12. The topological polar surface area (TPSA) is 75.3 Å². The number of rotatable bonds is 19. The van der Waals surface area contributed by atoms with Crippen molar-refractivity contribution >= 4 is 5.97 Å². The van der Waals surface area contributed by atoms with Gasteiger partial charge in [0, 0.05) is 12.6 Å². The van der Waals surface area contributed by atoms with Gasteiger partial charge in [0.25, 0.3) is 0 Å². The maximum atomic E-state index is 10.9. The maximum Gasteiger partial charge on any atom is 0.307 e. The van der Waals surface area contributed by atoms with Gasteiger partial charge >= 0.3 is 5.97 Å². The second-order valence-corrected chi connectivity index (χ2v) is 7.01. The van der Waals surface area contributed by atoms with Gasteiger partial charge < -0.3 is 29.0 Å². The monoisotopic (exact) mass is 485 g/mol. The van der Waals surface area contributed by atoms with E-state index in [2.05, 4.69) is 29.1 Å². The van der Waals surface area contributed by atoms with Gasteiger partial charge in [-0.3, -0.25) is 4.79 Å². The molecule has 0 unspecified atom stereocenters. The molecule has 0 radical (unpaired) electrons. The summed E-state index contributed by atoms with van der Waals surface area (Å²) in [5.41, 5.74) is 1.24. The summed E-state index contributed by atoms with van der Waals surface area (Å²) in [7, 11) is 3.33. The van der Waals surface area contributed by atoms with Crippen LogP contribution in [0.1, 0.15) is 78.3 Å². The first-order valence-electron chi connectivity index (χ1n) is 12.9. The number of hydrogen-bond acceptors (Lipinski definition) is 7. The minimum Gasteiger partial charge on any atom is -0.494 e. The Morgan fingerprint density at radius 2 is 1.38 bits per heavy atom. The quantitative estimate of drug-likeness (QED) is 0.203. The van der Waals surface area contributed by atoms with Crippen LogP contribution in [-0.4, -0.2) is 66.4 Å². The Labute approximate surface area is 208 Å². The molecule has 0 aliphatic heterocycles. The number of hydrogen-bond donors (Lipinski definition) is 1. The summed E-state index contributed by atoms with van der Waals surface area (Å²) in [6.07, 6.45) is 4.63. The minimum absolute atomic E-state index is 0.263. The zero-order valence-electron chi connectivity index (χ0n) is 22.8. The van der Waals surface area contributed by atoms with Crippen LogP contribution in [0.2, 0.25) is 0 Å². The second-order valence-electron chi connectivity index (χ2n) is 7.01. The molecule has 0 bridgehead atoms. The molecule has 0 heterocycles. The molecule has 0 amide bonds. The first-order chi connectivity index (χ1) is 16.7. The first-order valence-corrected chi connectivity index (χ1v) is 12.9. The molecular formula is C27H51NO6. The molecular weight excluding hydrogens is 434 g/mol. The summed E-state index contributed by atoms with van der Waals surface area (Å²) in [5.74, 6) is 0.674. The Balaban J connectivity index is 0. The fourth-order valence-corrected chi connectivity index (χ4v) is 2.69. The molecule has 0 spiro atoms. The standard InChI is InChI=1S/C23H39NO6.2C2H6/c1-20(24-2)21-9-8-10-22(19-21)30-13-7-5-4-6-12-27-15-17-29-18-16-28-14-11-23(25)26-3;2*1-2/h8-10,19-20,24H,4-7,11-18H2,1-3H3;2*1-2H3/t20-;;/m1../s1. The lowest BCUT2D eigenvalue weighted by molar-refractivity contribution is -0.141. The van der Waals surface area contributed by atoms with Crippen LogP contribution < -0.4 is 10.1 Å². The van der Waals surface area contributed by atoms with Crippen LogP contribution in [0.5, 0.6) is 5.75 Å². The van der Waals surface area contributed by atoms with Gasteiger partial charge in [-0.1, -0.05) is 46.2 Å². The predicted molar refractivity (Wildman–Crippen MR) is 140 cm³/mol. The fourth-order valence-electron chi connectivity index (χ4n) is 2.69. The molecule has 200 valence electrons. The third-order valence-corrected chi connectivity index (χ3v) is 4.67. The van der Waals surface area contributed by atoms with Gasteiger partial charge in [-0.05, 0) is 50.9 Å². The zero-order valence-corrected chi connectivity index (χ0v) is 22.8. The van der Waals surface area contributed by atoms with E-state index < -0.39 is 0 Å². The van der Waals surface area contributed by atoms with Crippen LogP contribution in [-0.2, 0) is 23.7 Å². The van der Waals surface area contributed by atoms with E-state index in [1.54, 1.807) is 0 Å². The highest BCUT2D eigenvalue weighted by Crippen LogP contribution is 2.19. The number of unbranched alkanes of at least 4 members (excludes halogenated alkanes) is 3. The molecule has 1 N–H and O–H groups in total. The van der Waals surface area contributed by atoms with E-state index in [9.17, 15) is 4.79 Å². The molecule has 0 saturated carbocycles. The highest BCUT2D eigenvalue weighted by molar-refractivity contribution is 5.69. The average molecular weight is 486 g/mol. The normalized spacial score (nSPS) is 10.9. The van der Waals surface area contributed by atoms with Crippen LogP contribution >= 0.6 is 0 Å².